The molecule has 1 heteroatoms. The molecule has 0 bridgehead atoms. The van der Waals surface area contributed by atoms with Crippen molar-refractivity contribution in [2.75, 3.05) is 6.54 Å². The van der Waals surface area contributed by atoms with Crippen LogP contribution in [0.3, 0.4) is 0 Å². The lowest BCUT2D eigenvalue weighted by atomic mass is 9.74. The molecule has 0 amide bonds. The van der Waals surface area contributed by atoms with E-state index in [-0.39, 0.29) is 0 Å². The summed E-state index contributed by atoms with van der Waals surface area (Å²) >= 11 is 0. The highest BCUT2D eigenvalue weighted by molar-refractivity contribution is 5.49. The molecular weight excluding hydrogens is 230 g/mol. The van der Waals surface area contributed by atoms with Crippen molar-refractivity contribution in [1.82, 2.24) is 0 Å². The first-order valence-corrected chi connectivity index (χ1v) is 8.04. The van der Waals surface area contributed by atoms with Crippen LogP contribution < -0.4 is 5.73 Å². The van der Waals surface area contributed by atoms with Crippen molar-refractivity contribution in [1.29, 1.82) is 0 Å². The molecule has 2 atom stereocenters. The summed E-state index contributed by atoms with van der Waals surface area (Å²) in [4.78, 5) is 0. The van der Waals surface area contributed by atoms with Crippen molar-refractivity contribution in [2.24, 2.45) is 17.6 Å². The molecule has 2 N–H and O–H groups in total. The molecule has 2 unspecified atom stereocenters. The number of rotatable bonds is 2. The van der Waals surface area contributed by atoms with Crippen LogP contribution in [-0.2, 0) is 32.1 Å². The standard InChI is InChI=1S/C18H27N/c1-12-3-5-14-11-15-6-4-13(2)10-18(15)16(7-8-19)17(14)9-12/h11-13H,3-10,19H2,1-2H3. The molecule has 104 valence electrons. The minimum atomic E-state index is 0.797. The number of nitrogens with two attached hydrogens (primary N) is 1. The zero-order chi connectivity index (χ0) is 13.4. The average Bonchev–Trinajstić information content (AvgIpc) is 2.40. The Morgan fingerprint density at radius 1 is 1.00 bits per heavy atom. The number of hydrogen-bond acceptors (Lipinski definition) is 1. The van der Waals surface area contributed by atoms with Gasteiger partial charge in [-0.25, -0.2) is 0 Å². The normalized spacial score (nSPS) is 25.8. The molecular formula is C18H27N. The Kier molecular flexibility index (Phi) is 3.66. The van der Waals surface area contributed by atoms with Crippen LogP contribution in [0.2, 0.25) is 0 Å². The number of hydrogen-bond donors (Lipinski definition) is 1. The van der Waals surface area contributed by atoms with E-state index >= 15 is 0 Å². The van der Waals surface area contributed by atoms with Crippen LogP contribution in [0.4, 0.5) is 0 Å². The first kappa shape index (κ1) is 13.2. The molecule has 1 aromatic carbocycles. The Hall–Kier alpha value is -0.820. The Morgan fingerprint density at radius 2 is 1.53 bits per heavy atom. The van der Waals surface area contributed by atoms with E-state index in [2.05, 4.69) is 19.9 Å². The van der Waals surface area contributed by atoms with E-state index in [0.717, 1.165) is 24.8 Å². The van der Waals surface area contributed by atoms with Crippen LogP contribution >= 0.6 is 0 Å². The summed E-state index contributed by atoms with van der Waals surface area (Å²) in [6.07, 6.45) is 8.96. The minimum Gasteiger partial charge on any atom is -0.330 e. The molecule has 0 saturated heterocycles. The molecule has 1 nitrogen and oxygen atoms in total. The summed E-state index contributed by atoms with van der Waals surface area (Å²) in [5, 5.41) is 0. The number of fused-ring (bicyclic) bond motifs is 2. The van der Waals surface area contributed by atoms with Crippen molar-refractivity contribution >= 4 is 0 Å². The van der Waals surface area contributed by atoms with Crippen LogP contribution in [0.5, 0.6) is 0 Å². The SMILES string of the molecule is CC1CCc2cc3c(c(CCN)c2C1)CC(C)CC3. The fourth-order valence-electron chi connectivity index (χ4n) is 4.06. The monoisotopic (exact) mass is 257 g/mol. The fourth-order valence-corrected chi connectivity index (χ4v) is 4.06. The molecule has 0 aliphatic heterocycles. The second-order valence-electron chi connectivity index (χ2n) is 6.87. The molecule has 2 aliphatic carbocycles. The maximum absolute atomic E-state index is 5.90. The molecule has 0 aromatic heterocycles. The third-order valence-electron chi connectivity index (χ3n) is 5.16. The Morgan fingerprint density at radius 3 is 2.00 bits per heavy atom. The predicted octanol–water partition coefficient (Wildman–Crippen LogP) is 3.44. The van der Waals surface area contributed by atoms with Gasteiger partial charge in [-0.2, -0.15) is 0 Å². The van der Waals surface area contributed by atoms with Crippen molar-refractivity contribution in [3.8, 4) is 0 Å². The highest BCUT2D eigenvalue weighted by Crippen LogP contribution is 2.36. The molecule has 2 aliphatic rings. The Balaban J connectivity index is 2.10. The van der Waals surface area contributed by atoms with E-state index in [0.29, 0.717) is 0 Å². The summed E-state index contributed by atoms with van der Waals surface area (Å²) in [5.41, 5.74) is 14.2. The van der Waals surface area contributed by atoms with Gasteiger partial charge in [0.25, 0.3) is 0 Å². The van der Waals surface area contributed by atoms with Crippen LogP contribution in [0.1, 0.15) is 54.5 Å². The van der Waals surface area contributed by atoms with Gasteiger partial charge < -0.3 is 5.73 Å². The predicted molar refractivity (Wildman–Crippen MR) is 81.6 cm³/mol. The summed E-state index contributed by atoms with van der Waals surface area (Å²) in [6, 6.07) is 2.54. The second-order valence-corrected chi connectivity index (χ2v) is 6.87. The highest BCUT2D eigenvalue weighted by atomic mass is 14.5. The van der Waals surface area contributed by atoms with Gasteiger partial charge in [-0.15, -0.1) is 0 Å². The van der Waals surface area contributed by atoms with Crippen LogP contribution in [0.25, 0.3) is 0 Å². The van der Waals surface area contributed by atoms with Crippen molar-refractivity contribution < 1.29 is 0 Å². The van der Waals surface area contributed by atoms with Crippen molar-refractivity contribution in [3.05, 3.63) is 33.9 Å². The van der Waals surface area contributed by atoms with Gasteiger partial charge in [-0.1, -0.05) is 19.9 Å². The summed E-state index contributed by atoms with van der Waals surface area (Å²) < 4.78 is 0. The lowest BCUT2D eigenvalue weighted by Crippen LogP contribution is -2.22. The van der Waals surface area contributed by atoms with Gasteiger partial charge in [-0.3, -0.25) is 0 Å². The molecule has 0 saturated carbocycles. The maximum Gasteiger partial charge on any atom is -0.00365 e. The number of benzene rings is 1. The molecule has 0 radical (unpaired) electrons. The summed E-state index contributed by atoms with van der Waals surface area (Å²) in [5.74, 6) is 1.70. The average molecular weight is 257 g/mol. The van der Waals surface area contributed by atoms with Gasteiger partial charge in [0, 0.05) is 0 Å². The van der Waals surface area contributed by atoms with Gasteiger partial charge in [0.05, 0.1) is 0 Å². The van der Waals surface area contributed by atoms with E-state index < -0.39 is 0 Å². The maximum atomic E-state index is 5.90. The Labute approximate surface area is 117 Å². The molecule has 19 heavy (non-hydrogen) atoms. The Bertz CT molecular complexity index is 437. The van der Waals surface area contributed by atoms with E-state index in [1.165, 1.54) is 38.5 Å². The highest BCUT2D eigenvalue weighted by Gasteiger charge is 2.25. The molecule has 1 aromatic rings. The molecule has 0 spiro atoms. The van der Waals surface area contributed by atoms with Crippen LogP contribution in [-0.4, -0.2) is 6.54 Å². The topological polar surface area (TPSA) is 26.0 Å². The van der Waals surface area contributed by atoms with E-state index in [4.69, 9.17) is 5.73 Å². The van der Waals surface area contributed by atoms with E-state index in [9.17, 15) is 0 Å². The lowest BCUT2D eigenvalue weighted by Gasteiger charge is -2.31. The third kappa shape index (κ3) is 2.45. The lowest BCUT2D eigenvalue weighted by molar-refractivity contribution is 0.480. The van der Waals surface area contributed by atoms with E-state index in [1.54, 1.807) is 27.8 Å². The molecule has 0 heterocycles. The quantitative estimate of drug-likeness (QED) is 0.863. The molecule has 0 fully saturated rings. The number of aryl methyl sites for hydroxylation is 2. The zero-order valence-electron chi connectivity index (χ0n) is 12.5. The van der Waals surface area contributed by atoms with Crippen molar-refractivity contribution in [2.45, 2.75) is 58.8 Å². The van der Waals surface area contributed by atoms with Crippen LogP contribution in [0, 0.1) is 11.8 Å². The fraction of sp³-hybridized carbons (Fsp3) is 0.667. The largest absolute Gasteiger partial charge is 0.330 e. The van der Waals surface area contributed by atoms with Crippen molar-refractivity contribution in [3.63, 3.8) is 0 Å². The van der Waals surface area contributed by atoms with Gasteiger partial charge in [-0.05, 0) is 91.1 Å². The summed E-state index contributed by atoms with van der Waals surface area (Å²) in [7, 11) is 0. The van der Waals surface area contributed by atoms with Gasteiger partial charge in [0.15, 0.2) is 0 Å². The zero-order valence-corrected chi connectivity index (χ0v) is 12.5. The van der Waals surface area contributed by atoms with Gasteiger partial charge in [0.2, 0.25) is 0 Å². The molecule has 3 rings (SSSR count). The van der Waals surface area contributed by atoms with Crippen LogP contribution in [0.15, 0.2) is 6.07 Å². The van der Waals surface area contributed by atoms with E-state index in [1.807, 2.05) is 0 Å². The first-order chi connectivity index (χ1) is 9.19. The van der Waals surface area contributed by atoms with Gasteiger partial charge >= 0.3 is 0 Å². The second kappa shape index (κ2) is 5.28. The smallest absolute Gasteiger partial charge is 0.00365 e. The minimum absolute atomic E-state index is 0.797. The van der Waals surface area contributed by atoms with Gasteiger partial charge in [0.1, 0.15) is 0 Å². The third-order valence-corrected chi connectivity index (χ3v) is 5.16. The first-order valence-electron chi connectivity index (χ1n) is 8.04. The summed E-state index contributed by atoms with van der Waals surface area (Å²) in [6.45, 7) is 5.60.